The lowest BCUT2D eigenvalue weighted by Gasteiger charge is -2.06. The molecule has 0 aromatic carbocycles. The molecule has 17 heavy (non-hydrogen) atoms. The number of fused-ring (bicyclic) bond motifs is 1. The molecule has 0 saturated heterocycles. The van der Waals surface area contributed by atoms with Crippen molar-refractivity contribution in [3.63, 3.8) is 0 Å². The third-order valence-electron chi connectivity index (χ3n) is 2.72. The van der Waals surface area contributed by atoms with E-state index >= 15 is 0 Å². The van der Waals surface area contributed by atoms with Crippen molar-refractivity contribution in [3.8, 4) is 0 Å². The third kappa shape index (κ3) is 2.82. The van der Waals surface area contributed by atoms with E-state index in [2.05, 4.69) is 35.7 Å². The van der Waals surface area contributed by atoms with Crippen LogP contribution in [0.3, 0.4) is 0 Å². The number of thioether (sulfide) groups is 1. The topological polar surface area (TPSA) is 43.8 Å². The highest BCUT2D eigenvalue weighted by atomic mass is 32.2. The summed E-state index contributed by atoms with van der Waals surface area (Å²) >= 11 is 1.97. The zero-order valence-corrected chi connectivity index (χ0v) is 11.2. The molecule has 0 aliphatic heterocycles. The van der Waals surface area contributed by atoms with Gasteiger partial charge in [0.25, 0.3) is 0 Å². The average molecular weight is 249 g/mol. The first kappa shape index (κ1) is 12.5. The van der Waals surface area contributed by atoms with Gasteiger partial charge in [0.05, 0.1) is 0 Å². The van der Waals surface area contributed by atoms with Crippen LogP contribution in [0.1, 0.15) is 19.4 Å². The fourth-order valence-electron chi connectivity index (χ4n) is 1.92. The van der Waals surface area contributed by atoms with Crippen LogP contribution >= 0.6 is 11.8 Å². The summed E-state index contributed by atoms with van der Waals surface area (Å²) < 4.78 is 2.22. The molecule has 0 radical (unpaired) electrons. The fraction of sp³-hybridized carbons (Fsp3) is 0.462. The van der Waals surface area contributed by atoms with Gasteiger partial charge in [0, 0.05) is 36.6 Å². The van der Waals surface area contributed by atoms with Crippen LogP contribution in [0.4, 0.5) is 0 Å². The predicted molar refractivity (Wildman–Crippen MR) is 75.2 cm³/mol. The van der Waals surface area contributed by atoms with E-state index in [-0.39, 0.29) is 0 Å². The second-order valence-electron chi connectivity index (χ2n) is 4.35. The van der Waals surface area contributed by atoms with Crippen molar-refractivity contribution in [3.05, 3.63) is 30.1 Å². The predicted octanol–water partition coefficient (Wildman–Crippen LogP) is 2.64. The number of hydrogen-bond donors (Lipinski definition) is 1. The molecule has 0 saturated carbocycles. The zero-order chi connectivity index (χ0) is 12.3. The molecule has 4 heteroatoms. The van der Waals surface area contributed by atoms with E-state index in [0.717, 1.165) is 17.9 Å². The molecule has 2 N–H and O–H groups in total. The molecule has 2 aromatic heterocycles. The summed E-state index contributed by atoms with van der Waals surface area (Å²) in [6, 6.07) is 4.06. The molecule has 0 atom stereocenters. The monoisotopic (exact) mass is 249 g/mol. The number of rotatable bonds is 5. The van der Waals surface area contributed by atoms with Crippen molar-refractivity contribution in [1.29, 1.82) is 0 Å². The third-order valence-corrected chi connectivity index (χ3v) is 3.80. The molecule has 0 aliphatic rings. The molecule has 0 aliphatic carbocycles. The zero-order valence-electron chi connectivity index (χ0n) is 10.4. The minimum Gasteiger partial charge on any atom is -0.331 e. The average Bonchev–Trinajstić information content (AvgIpc) is 2.68. The van der Waals surface area contributed by atoms with Crippen molar-refractivity contribution in [2.75, 3.05) is 5.75 Å². The maximum absolute atomic E-state index is 5.76. The maximum Gasteiger partial charge on any atom is 0.140 e. The van der Waals surface area contributed by atoms with E-state index in [1.54, 1.807) is 0 Å². The highest BCUT2D eigenvalue weighted by Gasteiger charge is 2.07. The van der Waals surface area contributed by atoms with Gasteiger partial charge in [-0.05, 0) is 22.9 Å². The molecular weight excluding hydrogens is 230 g/mol. The first-order valence-corrected chi connectivity index (χ1v) is 7.01. The van der Waals surface area contributed by atoms with Gasteiger partial charge in [0.15, 0.2) is 0 Å². The van der Waals surface area contributed by atoms with Crippen LogP contribution in [0, 0.1) is 0 Å². The van der Waals surface area contributed by atoms with Gasteiger partial charge >= 0.3 is 0 Å². The van der Waals surface area contributed by atoms with E-state index < -0.39 is 0 Å². The highest BCUT2D eigenvalue weighted by Crippen LogP contribution is 2.20. The Morgan fingerprint density at radius 1 is 1.47 bits per heavy atom. The van der Waals surface area contributed by atoms with E-state index in [1.165, 1.54) is 10.9 Å². The quantitative estimate of drug-likeness (QED) is 0.886. The molecule has 2 rings (SSSR count). The molecule has 2 aromatic rings. The fourth-order valence-corrected chi connectivity index (χ4v) is 2.69. The summed E-state index contributed by atoms with van der Waals surface area (Å²) in [5.74, 6) is 1.11. The molecule has 0 unspecified atom stereocenters. The van der Waals surface area contributed by atoms with Gasteiger partial charge in [0.2, 0.25) is 0 Å². The number of aryl methyl sites for hydroxylation is 1. The first-order valence-electron chi connectivity index (χ1n) is 5.96. The van der Waals surface area contributed by atoms with E-state index in [4.69, 9.17) is 5.73 Å². The van der Waals surface area contributed by atoms with Crippen molar-refractivity contribution in [2.24, 2.45) is 5.73 Å². The SMILES string of the molecule is CC(C)SCCn1cc(CN)c2cccnc21. The lowest BCUT2D eigenvalue weighted by atomic mass is 10.2. The molecular formula is C13H19N3S. The van der Waals surface area contributed by atoms with Crippen LogP contribution in [-0.4, -0.2) is 20.6 Å². The lowest BCUT2D eigenvalue weighted by Crippen LogP contribution is -2.02. The van der Waals surface area contributed by atoms with Crippen molar-refractivity contribution >= 4 is 22.8 Å². The van der Waals surface area contributed by atoms with Crippen LogP contribution in [0.15, 0.2) is 24.5 Å². The summed E-state index contributed by atoms with van der Waals surface area (Å²) in [6.07, 6.45) is 3.98. The van der Waals surface area contributed by atoms with Gasteiger partial charge in [-0.25, -0.2) is 4.98 Å². The van der Waals surface area contributed by atoms with Gasteiger partial charge < -0.3 is 10.3 Å². The minimum atomic E-state index is 0.576. The Kier molecular flexibility index (Phi) is 4.07. The number of nitrogens with zero attached hydrogens (tertiary/aromatic N) is 2. The van der Waals surface area contributed by atoms with E-state index in [1.807, 2.05) is 24.0 Å². The summed E-state index contributed by atoms with van der Waals surface area (Å²) in [5, 5.41) is 1.86. The van der Waals surface area contributed by atoms with Gasteiger partial charge in [-0.3, -0.25) is 0 Å². The van der Waals surface area contributed by atoms with Crippen LogP contribution in [-0.2, 0) is 13.1 Å². The molecule has 0 bridgehead atoms. The Labute approximate surface area is 106 Å². The number of nitrogens with two attached hydrogens (primary N) is 1. The first-order chi connectivity index (χ1) is 8.22. The largest absolute Gasteiger partial charge is 0.331 e. The summed E-state index contributed by atoms with van der Waals surface area (Å²) in [6.45, 7) is 6.02. The van der Waals surface area contributed by atoms with Crippen molar-refractivity contribution in [2.45, 2.75) is 32.2 Å². The van der Waals surface area contributed by atoms with Crippen LogP contribution in [0.25, 0.3) is 11.0 Å². The molecule has 0 amide bonds. The van der Waals surface area contributed by atoms with Crippen LogP contribution < -0.4 is 5.73 Å². The van der Waals surface area contributed by atoms with Gasteiger partial charge in [0.1, 0.15) is 5.65 Å². The lowest BCUT2D eigenvalue weighted by molar-refractivity contribution is 0.790. The summed E-state index contributed by atoms with van der Waals surface area (Å²) in [5.41, 5.74) is 8.00. The number of pyridine rings is 1. The second-order valence-corrected chi connectivity index (χ2v) is 6.03. The van der Waals surface area contributed by atoms with E-state index in [9.17, 15) is 0 Å². The normalized spacial score (nSPS) is 11.5. The number of aromatic nitrogens is 2. The molecule has 92 valence electrons. The Morgan fingerprint density at radius 3 is 3.00 bits per heavy atom. The molecule has 0 spiro atoms. The summed E-state index contributed by atoms with van der Waals surface area (Å²) in [4.78, 5) is 4.45. The summed E-state index contributed by atoms with van der Waals surface area (Å²) in [7, 11) is 0. The highest BCUT2D eigenvalue weighted by molar-refractivity contribution is 7.99. The smallest absolute Gasteiger partial charge is 0.140 e. The van der Waals surface area contributed by atoms with Crippen LogP contribution in [0.5, 0.6) is 0 Å². The Balaban J connectivity index is 2.22. The minimum absolute atomic E-state index is 0.576. The van der Waals surface area contributed by atoms with E-state index in [0.29, 0.717) is 11.8 Å². The molecule has 3 nitrogen and oxygen atoms in total. The van der Waals surface area contributed by atoms with Crippen molar-refractivity contribution < 1.29 is 0 Å². The van der Waals surface area contributed by atoms with Crippen LogP contribution in [0.2, 0.25) is 0 Å². The second kappa shape index (κ2) is 5.56. The number of hydrogen-bond acceptors (Lipinski definition) is 3. The maximum atomic E-state index is 5.76. The Morgan fingerprint density at radius 2 is 2.29 bits per heavy atom. The standard InChI is InChI=1S/C13H19N3S/c1-10(2)17-7-6-16-9-11(8-14)12-4-3-5-15-13(12)16/h3-5,9-10H,6-8,14H2,1-2H3. The van der Waals surface area contributed by atoms with Gasteiger partial charge in [-0.2, -0.15) is 11.8 Å². The Bertz CT molecular complexity index is 490. The Hall–Kier alpha value is -1.00. The van der Waals surface area contributed by atoms with Crippen molar-refractivity contribution in [1.82, 2.24) is 9.55 Å². The van der Waals surface area contributed by atoms with Gasteiger partial charge in [-0.1, -0.05) is 13.8 Å². The molecule has 2 heterocycles. The molecule has 0 fully saturated rings. The van der Waals surface area contributed by atoms with Gasteiger partial charge in [-0.15, -0.1) is 0 Å².